The summed E-state index contributed by atoms with van der Waals surface area (Å²) in [5.74, 6) is 1.55. The number of thiol groups is 1. The minimum atomic E-state index is 0.101. The Morgan fingerprint density at radius 3 is 2.83 bits per heavy atom. The van der Waals surface area contributed by atoms with Crippen LogP contribution in [-0.2, 0) is 4.74 Å². The summed E-state index contributed by atoms with van der Waals surface area (Å²) in [6.07, 6.45) is 1.96. The smallest absolute Gasteiger partial charge is 0.120 e. The van der Waals surface area contributed by atoms with Crippen LogP contribution >= 0.6 is 12.6 Å². The molecule has 0 amide bonds. The topological polar surface area (TPSA) is 42.2 Å². The number of hydrogen-bond donors (Lipinski definition) is 1. The lowest BCUT2D eigenvalue weighted by Crippen LogP contribution is -2.36. The summed E-state index contributed by atoms with van der Waals surface area (Å²) >= 11 is 4.45. The van der Waals surface area contributed by atoms with Gasteiger partial charge in [0.25, 0.3) is 0 Å². The molecule has 1 fully saturated rings. The summed E-state index contributed by atoms with van der Waals surface area (Å²) in [6.45, 7) is 2.19. The highest BCUT2D eigenvalue weighted by Crippen LogP contribution is 2.32. The summed E-state index contributed by atoms with van der Waals surface area (Å²) in [5, 5.41) is 8.84. The van der Waals surface area contributed by atoms with E-state index in [1.165, 1.54) is 0 Å². The molecule has 0 unspecified atom stereocenters. The van der Waals surface area contributed by atoms with Gasteiger partial charge in [0.2, 0.25) is 0 Å². The third-order valence-corrected chi connectivity index (χ3v) is 4.07. The first-order chi connectivity index (χ1) is 8.78. The van der Waals surface area contributed by atoms with Gasteiger partial charge in [-0.15, -0.1) is 0 Å². The fourth-order valence-electron chi connectivity index (χ4n) is 2.04. The number of hydrogen-bond acceptors (Lipinski definition) is 4. The largest absolute Gasteiger partial charge is 0.493 e. The minimum absolute atomic E-state index is 0.101. The van der Waals surface area contributed by atoms with Gasteiger partial charge in [0.1, 0.15) is 5.75 Å². The Morgan fingerprint density at radius 1 is 1.39 bits per heavy atom. The van der Waals surface area contributed by atoms with Crippen molar-refractivity contribution in [3.8, 4) is 11.8 Å². The van der Waals surface area contributed by atoms with E-state index in [4.69, 9.17) is 14.7 Å². The Bertz CT molecular complexity index is 436. The Morgan fingerprint density at radius 2 is 2.17 bits per heavy atom. The molecule has 1 aromatic rings. The van der Waals surface area contributed by atoms with Crippen LogP contribution in [0.2, 0.25) is 0 Å². The van der Waals surface area contributed by atoms with Gasteiger partial charge < -0.3 is 9.47 Å². The molecule has 0 spiro atoms. The Kier molecular flexibility index (Phi) is 4.51. The standard InChI is InChI=1S/C14H17NO2S/c15-9-12-2-1-3-13(8-12)17-10-14(11-18)4-6-16-7-5-14/h1-3,8,18H,4-7,10-11H2. The quantitative estimate of drug-likeness (QED) is 0.849. The highest BCUT2D eigenvalue weighted by Gasteiger charge is 2.32. The van der Waals surface area contributed by atoms with E-state index in [0.29, 0.717) is 12.2 Å². The molecule has 0 aromatic heterocycles. The average Bonchev–Trinajstić information content (AvgIpc) is 2.46. The summed E-state index contributed by atoms with van der Waals surface area (Å²) in [7, 11) is 0. The summed E-state index contributed by atoms with van der Waals surface area (Å²) in [6, 6.07) is 9.38. The second-order valence-electron chi connectivity index (χ2n) is 4.70. The Hall–Kier alpha value is -1.18. The van der Waals surface area contributed by atoms with Crippen molar-refractivity contribution < 1.29 is 9.47 Å². The van der Waals surface area contributed by atoms with Gasteiger partial charge in [0.15, 0.2) is 0 Å². The lowest BCUT2D eigenvalue weighted by atomic mass is 9.83. The predicted octanol–water partition coefficient (Wildman–Crippen LogP) is 2.66. The van der Waals surface area contributed by atoms with Gasteiger partial charge in [-0.25, -0.2) is 0 Å². The highest BCUT2D eigenvalue weighted by atomic mass is 32.1. The van der Waals surface area contributed by atoms with Gasteiger partial charge in [0, 0.05) is 18.6 Å². The number of benzene rings is 1. The van der Waals surface area contributed by atoms with Crippen molar-refractivity contribution in [1.29, 1.82) is 5.26 Å². The van der Waals surface area contributed by atoms with Gasteiger partial charge in [0.05, 0.1) is 18.2 Å². The number of rotatable bonds is 4. The Labute approximate surface area is 113 Å². The van der Waals surface area contributed by atoms with Crippen LogP contribution in [-0.4, -0.2) is 25.6 Å². The molecule has 1 heterocycles. The molecule has 0 radical (unpaired) electrons. The molecule has 0 bridgehead atoms. The maximum Gasteiger partial charge on any atom is 0.120 e. The van der Waals surface area contributed by atoms with Crippen molar-refractivity contribution in [1.82, 2.24) is 0 Å². The van der Waals surface area contributed by atoms with Crippen LogP contribution in [0.4, 0.5) is 0 Å². The molecule has 1 aliphatic heterocycles. The first kappa shape index (κ1) is 13.3. The fourth-order valence-corrected chi connectivity index (χ4v) is 2.45. The molecule has 3 nitrogen and oxygen atoms in total. The second-order valence-corrected chi connectivity index (χ2v) is 5.02. The lowest BCUT2D eigenvalue weighted by Gasteiger charge is -2.35. The van der Waals surface area contributed by atoms with E-state index in [1.54, 1.807) is 12.1 Å². The maximum atomic E-state index is 8.84. The second kappa shape index (κ2) is 6.12. The van der Waals surface area contributed by atoms with Crippen molar-refractivity contribution in [2.24, 2.45) is 5.41 Å². The number of nitrogens with zero attached hydrogens (tertiary/aromatic N) is 1. The Balaban J connectivity index is 1.99. The SMILES string of the molecule is N#Cc1cccc(OCC2(CS)CCOCC2)c1. The average molecular weight is 263 g/mol. The van der Waals surface area contributed by atoms with Gasteiger partial charge in [-0.3, -0.25) is 0 Å². The zero-order valence-corrected chi connectivity index (χ0v) is 11.2. The molecule has 0 saturated carbocycles. The maximum absolute atomic E-state index is 8.84. The molecular formula is C14H17NO2S. The van der Waals surface area contributed by atoms with E-state index in [-0.39, 0.29) is 5.41 Å². The van der Waals surface area contributed by atoms with Crippen LogP contribution in [0.15, 0.2) is 24.3 Å². The van der Waals surface area contributed by atoms with E-state index < -0.39 is 0 Å². The van der Waals surface area contributed by atoms with E-state index in [0.717, 1.165) is 37.6 Å². The van der Waals surface area contributed by atoms with E-state index in [1.807, 2.05) is 12.1 Å². The van der Waals surface area contributed by atoms with Crippen LogP contribution in [0, 0.1) is 16.7 Å². The third kappa shape index (κ3) is 3.18. The van der Waals surface area contributed by atoms with Crippen molar-refractivity contribution >= 4 is 12.6 Å². The van der Waals surface area contributed by atoms with Crippen LogP contribution in [0.3, 0.4) is 0 Å². The summed E-state index contributed by atoms with van der Waals surface area (Å²) in [4.78, 5) is 0. The minimum Gasteiger partial charge on any atom is -0.493 e. The van der Waals surface area contributed by atoms with Crippen LogP contribution in [0.5, 0.6) is 5.75 Å². The molecule has 1 aliphatic rings. The lowest BCUT2D eigenvalue weighted by molar-refractivity contribution is 0.00310. The van der Waals surface area contributed by atoms with Gasteiger partial charge in [-0.1, -0.05) is 6.07 Å². The zero-order chi connectivity index (χ0) is 12.8. The normalized spacial score (nSPS) is 18.0. The highest BCUT2D eigenvalue weighted by molar-refractivity contribution is 7.80. The molecule has 1 saturated heterocycles. The fraction of sp³-hybridized carbons (Fsp3) is 0.500. The van der Waals surface area contributed by atoms with Crippen molar-refractivity contribution in [3.05, 3.63) is 29.8 Å². The predicted molar refractivity (Wildman–Crippen MR) is 73.0 cm³/mol. The number of ether oxygens (including phenoxy) is 2. The van der Waals surface area contributed by atoms with Gasteiger partial charge >= 0.3 is 0 Å². The summed E-state index contributed by atoms with van der Waals surface area (Å²) < 4.78 is 11.2. The monoisotopic (exact) mass is 263 g/mol. The molecule has 1 aromatic carbocycles. The summed E-state index contributed by atoms with van der Waals surface area (Å²) in [5.41, 5.74) is 0.726. The molecule has 18 heavy (non-hydrogen) atoms. The van der Waals surface area contributed by atoms with Crippen molar-refractivity contribution in [3.63, 3.8) is 0 Å². The molecule has 4 heteroatoms. The zero-order valence-electron chi connectivity index (χ0n) is 10.3. The van der Waals surface area contributed by atoms with Crippen molar-refractivity contribution in [2.45, 2.75) is 12.8 Å². The van der Waals surface area contributed by atoms with Gasteiger partial charge in [-0.05, 0) is 36.8 Å². The van der Waals surface area contributed by atoms with Crippen LogP contribution in [0.1, 0.15) is 18.4 Å². The molecule has 96 valence electrons. The third-order valence-electron chi connectivity index (χ3n) is 3.40. The van der Waals surface area contributed by atoms with Crippen LogP contribution < -0.4 is 4.74 Å². The molecule has 2 rings (SSSR count). The number of nitriles is 1. The van der Waals surface area contributed by atoms with E-state index >= 15 is 0 Å². The first-order valence-corrected chi connectivity index (χ1v) is 6.73. The molecular weight excluding hydrogens is 246 g/mol. The van der Waals surface area contributed by atoms with Crippen LogP contribution in [0.25, 0.3) is 0 Å². The van der Waals surface area contributed by atoms with E-state index in [9.17, 15) is 0 Å². The first-order valence-electron chi connectivity index (χ1n) is 6.10. The molecule has 0 atom stereocenters. The van der Waals surface area contributed by atoms with E-state index in [2.05, 4.69) is 18.7 Å². The molecule has 0 aliphatic carbocycles. The molecule has 0 N–H and O–H groups in total. The van der Waals surface area contributed by atoms with Gasteiger partial charge in [-0.2, -0.15) is 17.9 Å². The van der Waals surface area contributed by atoms with Crippen molar-refractivity contribution in [2.75, 3.05) is 25.6 Å².